The van der Waals surface area contributed by atoms with Gasteiger partial charge in [0.1, 0.15) is 5.82 Å². The van der Waals surface area contributed by atoms with Crippen LogP contribution in [0.3, 0.4) is 0 Å². The number of carbonyl (C=O) groups is 1. The average Bonchev–Trinajstić information content (AvgIpc) is 3.16. The molecule has 1 aromatic heterocycles. The first kappa shape index (κ1) is 19.0. The summed E-state index contributed by atoms with van der Waals surface area (Å²) >= 11 is 0. The van der Waals surface area contributed by atoms with E-state index in [0.717, 1.165) is 30.2 Å². The Labute approximate surface area is 159 Å². The smallest absolute Gasteiger partial charge is 0.311 e. The van der Waals surface area contributed by atoms with Crippen molar-refractivity contribution in [3.8, 4) is 5.75 Å². The number of aromatic nitrogens is 2. The zero-order valence-electron chi connectivity index (χ0n) is 15.0. The SMILES string of the molecule is CCc1ccc(NC(=O)c2ccn(COc3cc(F)ccc3[N+](=O)[O-])n2)cc1. The zero-order chi connectivity index (χ0) is 20.1. The molecule has 3 rings (SSSR count). The number of nitro groups is 1. The number of amides is 1. The zero-order valence-corrected chi connectivity index (χ0v) is 15.0. The molecular formula is C19H17FN4O4. The molecule has 0 aliphatic heterocycles. The number of ether oxygens (including phenoxy) is 1. The van der Waals surface area contributed by atoms with Crippen molar-refractivity contribution in [2.75, 3.05) is 5.32 Å². The molecule has 144 valence electrons. The largest absolute Gasteiger partial charge is 0.464 e. The Morgan fingerprint density at radius 1 is 1.25 bits per heavy atom. The minimum Gasteiger partial charge on any atom is -0.464 e. The minimum atomic E-state index is -0.666. The fourth-order valence-electron chi connectivity index (χ4n) is 2.46. The van der Waals surface area contributed by atoms with Crippen molar-refractivity contribution < 1.29 is 18.8 Å². The fourth-order valence-corrected chi connectivity index (χ4v) is 2.46. The Bertz CT molecular complexity index is 1000. The summed E-state index contributed by atoms with van der Waals surface area (Å²) in [7, 11) is 0. The van der Waals surface area contributed by atoms with Crippen LogP contribution in [0.5, 0.6) is 5.75 Å². The summed E-state index contributed by atoms with van der Waals surface area (Å²) < 4.78 is 19.9. The quantitative estimate of drug-likeness (QED) is 0.494. The van der Waals surface area contributed by atoms with Crippen molar-refractivity contribution in [2.24, 2.45) is 0 Å². The highest BCUT2D eigenvalue weighted by atomic mass is 19.1. The maximum absolute atomic E-state index is 13.3. The first-order valence-electron chi connectivity index (χ1n) is 8.46. The normalized spacial score (nSPS) is 10.5. The lowest BCUT2D eigenvalue weighted by molar-refractivity contribution is -0.386. The first-order chi connectivity index (χ1) is 13.5. The summed E-state index contributed by atoms with van der Waals surface area (Å²) in [5.41, 5.74) is 1.59. The summed E-state index contributed by atoms with van der Waals surface area (Å²) in [5.74, 6) is -1.28. The van der Waals surface area contributed by atoms with Gasteiger partial charge in [-0.1, -0.05) is 19.1 Å². The summed E-state index contributed by atoms with van der Waals surface area (Å²) in [6, 6.07) is 11.9. The second-order valence-corrected chi connectivity index (χ2v) is 5.89. The molecule has 8 nitrogen and oxygen atoms in total. The monoisotopic (exact) mass is 384 g/mol. The number of aryl methyl sites for hydroxylation is 1. The van der Waals surface area contributed by atoms with Gasteiger partial charge >= 0.3 is 5.69 Å². The maximum Gasteiger partial charge on any atom is 0.311 e. The molecule has 0 saturated heterocycles. The number of nitrogens with one attached hydrogen (secondary N) is 1. The molecule has 0 aliphatic rings. The van der Waals surface area contributed by atoms with E-state index in [-0.39, 0.29) is 23.9 Å². The second kappa shape index (κ2) is 8.30. The lowest BCUT2D eigenvalue weighted by Crippen LogP contribution is -2.14. The number of halogens is 1. The van der Waals surface area contributed by atoms with Gasteiger partial charge < -0.3 is 10.1 Å². The van der Waals surface area contributed by atoms with Crippen molar-refractivity contribution in [1.29, 1.82) is 0 Å². The number of rotatable bonds is 7. The molecular weight excluding hydrogens is 367 g/mol. The fraction of sp³-hybridized carbons (Fsp3) is 0.158. The lowest BCUT2D eigenvalue weighted by atomic mass is 10.1. The highest BCUT2D eigenvalue weighted by molar-refractivity contribution is 6.02. The Balaban J connectivity index is 1.64. The van der Waals surface area contributed by atoms with Crippen molar-refractivity contribution in [3.05, 3.63) is 81.9 Å². The van der Waals surface area contributed by atoms with Crippen LogP contribution in [-0.4, -0.2) is 20.6 Å². The van der Waals surface area contributed by atoms with Gasteiger partial charge in [-0.25, -0.2) is 9.07 Å². The molecule has 0 saturated carbocycles. The number of benzene rings is 2. The van der Waals surface area contributed by atoms with E-state index < -0.39 is 16.6 Å². The van der Waals surface area contributed by atoms with E-state index in [2.05, 4.69) is 10.4 Å². The Morgan fingerprint density at radius 3 is 2.68 bits per heavy atom. The van der Waals surface area contributed by atoms with E-state index in [9.17, 15) is 19.3 Å². The summed E-state index contributed by atoms with van der Waals surface area (Å²) in [4.78, 5) is 22.6. The highest BCUT2D eigenvalue weighted by Crippen LogP contribution is 2.27. The predicted octanol–water partition coefficient (Wildman–Crippen LogP) is 3.78. The lowest BCUT2D eigenvalue weighted by Gasteiger charge is -2.07. The standard InChI is InChI=1S/C19H17FN4O4/c1-2-13-3-6-15(7-4-13)21-19(25)16-9-10-23(22-16)12-28-18-11-14(20)5-8-17(18)24(26)27/h3-11H,2,12H2,1H3,(H,21,25). The molecule has 3 aromatic rings. The summed E-state index contributed by atoms with van der Waals surface area (Å²) in [6.45, 7) is 1.82. The van der Waals surface area contributed by atoms with Crippen LogP contribution in [0.15, 0.2) is 54.7 Å². The van der Waals surface area contributed by atoms with E-state index in [1.54, 1.807) is 12.1 Å². The van der Waals surface area contributed by atoms with Gasteiger partial charge in [0.05, 0.1) is 4.92 Å². The van der Waals surface area contributed by atoms with Crippen LogP contribution in [0.4, 0.5) is 15.8 Å². The predicted molar refractivity (Wildman–Crippen MR) is 99.7 cm³/mol. The highest BCUT2D eigenvalue weighted by Gasteiger charge is 2.16. The Kier molecular flexibility index (Phi) is 5.64. The number of nitro benzene ring substituents is 1. The van der Waals surface area contributed by atoms with Gasteiger partial charge in [0.2, 0.25) is 5.75 Å². The van der Waals surface area contributed by atoms with Gasteiger partial charge in [0.15, 0.2) is 12.4 Å². The van der Waals surface area contributed by atoms with Crippen LogP contribution >= 0.6 is 0 Å². The third-order valence-corrected chi connectivity index (χ3v) is 3.96. The molecule has 0 bridgehead atoms. The van der Waals surface area contributed by atoms with Crippen molar-refractivity contribution in [3.63, 3.8) is 0 Å². The van der Waals surface area contributed by atoms with Gasteiger partial charge in [-0.2, -0.15) is 5.10 Å². The van der Waals surface area contributed by atoms with E-state index in [1.165, 1.54) is 16.9 Å². The van der Waals surface area contributed by atoms with Crippen LogP contribution < -0.4 is 10.1 Å². The summed E-state index contributed by atoms with van der Waals surface area (Å²) in [6.07, 6.45) is 2.39. The molecule has 0 unspecified atom stereocenters. The second-order valence-electron chi connectivity index (χ2n) is 5.89. The molecule has 1 heterocycles. The number of carbonyl (C=O) groups excluding carboxylic acids is 1. The molecule has 0 spiro atoms. The number of hydrogen-bond acceptors (Lipinski definition) is 5. The third-order valence-electron chi connectivity index (χ3n) is 3.96. The Morgan fingerprint density at radius 2 is 2.00 bits per heavy atom. The summed E-state index contributed by atoms with van der Waals surface area (Å²) in [5, 5.41) is 17.8. The number of hydrogen-bond donors (Lipinski definition) is 1. The molecule has 0 aliphatic carbocycles. The minimum absolute atomic E-state index is 0.150. The van der Waals surface area contributed by atoms with Crippen molar-refractivity contribution in [2.45, 2.75) is 20.1 Å². The average molecular weight is 384 g/mol. The molecule has 28 heavy (non-hydrogen) atoms. The third kappa shape index (κ3) is 4.50. The van der Waals surface area contributed by atoms with Crippen molar-refractivity contribution >= 4 is 17.3 Å². The van der Waals surface area contributed by atoms with E-state index in [0.29, 0.717) is 5.69 Å². The maximum atomic E-state index is 13.3. The van der Waals surface area contributed by atoms with Crippen LogP contribution in [0.25, 0.3) is 0 Å². The molecule has 2 aromatic carbocycles. The molecule has 0 fully saturated rings. The molecule has 1 N–H and O–H groups in total. The van der Waals surface area contributed by atoms with Crippen LogP contribution in [0.2, 0.25) is 0 Å². The topological polar surface area (TPSA) is 99.3 Å². The molecule has 0 radical (unpaired) electrons. The van der Waals surface area contributed by atoms with Gasteiger partial charge in [0, 0.05) is 24.0 Å². The molecule has 9 heteroatoms. The van der Waals surface area contributed by atoms with E-state index >= 15 is 0 Å². The van der Waals surface area contributed by atoms with Crippen LogP contribution in [-0.2, 0) is 13.2 Å². The number of nitrogens with zero attached hydrogens (tertiary/aromatic N) is 3. The van der Waals surface area contributed by atoms with E-state index in [4.69, 9.17) is 4.74 Å². The molecule has 1 amide bonds. The van der Waals surface area contributed by atoms with E-state index in [1.807, 2.05) is 19.1 Å². The van der Waals surface area contributed by atoms with Gasteiger partial charge in [0.25, 0.3) is 5.91 Å². The van der Waals surface area contributed by atoms with Gasteiger partial charge in [-0.3, -0.25) is 14.9 Å². The van der Waals surface area contributed by atoms with Crippen LogP contribution in [0.1, 0.15) is 23.0 Å². The van der Waals surface area contributed by atoms with Gasteiger partial charge in [-0.15, -0.1) is 0 Å². The Hall–Kier alpha value is -3.75. The molecule has 0 atom stereocenters. The van der Waals surface area contributed by atoms with Crippen molar-refractivity contribution in [1.82, 2.24) is 9.78 Å². The first-order valence-corrected chi connectivity index (χ1v) is 8.46. The van der Waals surface area contributed by atoms with Crippen LogP contribution in [0, 0.1) is 15.9 Å². The van der Waals surface area contributed by atoms with Gasteiger partial charge in [-0.05, 0) is 36.2 Å². The number of anilines is 1.